The summed E-state index contributed by atoms with van der Waals surface area (Å²) in [7, 11) is 0. The Hall–Kier alpha value is -0.340. The van der Waals surface area contributed by atoms with E-state index in [-0.39, 0.29) is 5.60 Å². The fraction of sp³-hybridized carbons (Fsp3) is 0.625. The smallest absolute Gasteiger partial charge is 0.0598 e. The van der Waals surface area contributed by atoms with E-state index < -0.39 is 0 Å². The highest BCUT2D eigenvalue weighted by atomic mass is 79.9. The highest BCUT2D eigenvalue weighted by molar-refractivity contribution is 9.09. The Morgan fingerprint density at radius 1 is 1.22 bits per heavy atom. The van der Waals surface area contributed by atoms with E-state index >= 15 is 0 Å². The number of rotatable bonds is 6. The molecule has 0 heterocycles. The molecule has 1 nitrogen and oxygen atoms in total. The van der Waals surface area contributed by atoms with E-state index in [0.717, 1.165) is 24.8 Å². The van der Waals surface area contributed by atoms with Gasteiger partial charge in [-0.15, -0.1) is 0 Å². The molecule has 2 heteroatoms. The maximum Gasteiger partial charge on any atom is 0.0598 e. The van der Waals surface area contributed by atoms with Crippen LogP contribution in [0.15, 0.2) is 24.3 Å². The summed E-state index contributed by atoms with van der Waals surface area (Å²) in [5, 5.41) is 1.04. The third-order valence-corrected chi connectivity index (χ3v) is 3.96. The number of benzene rings is 1. The van der Waals surface area contributed by atoms with Gasteiger partial charge in [0.25, 0.3) is 0 Å². The van der Waals surface area contributed by atoms with E-state index in [4.69, 9.17) is 4.74 Å². The molecule has 0 radical (unpaired) electrons. The van der Waals surface area contributed by atoms with Crippen molar-refractivity contribution in [2.24, 2.45) is 5.92 Å². The Morgan fingerprint density at radius 2 is 1.89 bits per heavy atom. The normalized spacial score (nSPS) is 13.6. The molecular formula is C16H25BrO. The van der Waals surface area contributed by atoms with Crippen LogP contribution in [0.5, 0.6) is 0 Å². The number of aryl methyl sites for hydroxylation is 1. The summed E-state index contributed by atoms with van der Waals surface area (Å²) < 4.78 is 5.81. The monoisotopic (exact) mass is 312 g/mol. The summed E-state index contributed by atoms with van der Waals surface area (Å²) in [4.78, 5) is 0. The molecule has 0 N–H and O–H groups in total. The zero-order chi connectivity index (χ0) is 13.6. The van der Waals surface area contributed by atoms with Crippen molar-refractivity contribution in [3.05, 3.63) is 35.4 Å². The Balaban J connectivity index is 2.45. The van der Waals surface area contributed by atoms with Crippen LogP contribution >= 0.6 is 15.9 Å². The van der Waals surface area contributed by atoms with Crippen molar-refractivity contribution in [3.63, 3.8) is 0 Å². The Labute approximate surface area is 120 Å². The molecule has 1 unspecified atom stereocenters. The molecule has 1 atom stereocenters. The van der Waals surface area contributed by atoms with Crippen LogP contribution in [0.25, 0.3) is 0 Å². The molecule has 0 bridgehead atoms. The van der Waals surface area contributed by atoms with Crippen molar-refractivity contribution >= 4 is 15.9 Å². The van der Waals surface area contributed by atoms with E-state index in [9.17, 15) is 0 Å². The molecule has 18 heavy (non-hydrogen) atoms. The van der Waals surface area contributed by atoms with Gasteiger partial charge >= 0.3 is 0 Å². The number of hydrogen-bond donors (Lipinski definition) is 0. The van der Waals surface area contributed by atoms with Gasteiger partial charge in [0.1, 0.15) is 0 Å². The van der Waals surface area contributed by atoms with Crippen molar-refractivity contribution < 1.29 is 4.74 Å². The fourth-order valence-corrected chi connectivity index (χ4v) is 2.47. The van der Waals surface area contributed by atoms with Crippen LogP contribution in [0.3, 0.4) is 0 Å². The average molecular weight is 313 g/mol. The first-order valence-electron chi connectivity index (χ1n) is 6.67. The topological polar surface area (TPSA) is 9.23 Å². The van der Waals surface area contributed by atoms with Crippen molar-refractivity contribution in [2.75, 3.05) is 11.9 Å². The average Bonchev–Trinajstić information content (AvgIpc) is 2.29. The van der Waals surface area contributed by atoms with Crippen molar-refractivity contribution in [2.45, 2.75) is 46.1 Å². The fourth-order valence-electron chi connectivity index (χ4n) is 1.92. The molecule has 0 aliphatic rings. The molecular weight excluding hydrogens is 288 g/mol. The van der Waals surface area contributed by atoms with Gasteiger partial charge in [0.15, 0.2) is 0 Å². The van der Waals surface area contributed by atoms with Crippen molar-refractivity contribution in [3.8, 4) is 0 Å². The Morgan fingerprint density at radius 3 is 2.44 bits per heavy atom. The van der Waals surface area contributed by atoms with Gasteiger partial charge in [-0.05, 0) is 57.6 Å². The van der Waals surface area contributed by atoms with E-state index in [2.05, 4.69) is 67.9 Å². The lowest BCUT2D eigenvalue weighted by molar-refractivity contribution is -0.00822. The lowest BCUT2D eigenvalue weighted by Gasteiger charge is -2.22. The molecule has 0 aliphatic heterocycles. The molecule has 0 spiro atoms. The van der Waals surface area contributed by atoms with Crippen LogP contribution in [0, 0.1) is 12.8 Å². The molecule has 0 aromatic heterocycles. The Kier molecular flexibility index (Phi) is 6.37. The van der Waals surface area contributed by atoms with Crippen LogP contribution in [0.2, 0.25) is 0 Å². The lowest BCUT2D eigenvalue weighted by atomic mass is 9.95. The van der Waals surface area contributed by atoms with Gasteiger partial charge in [-0.2, -0.15) is 0 Å². The maximum absolute atomic E-state index is 5.81. The molecule has 0 amide bonds. The Bertz CT molecular complexity index is 354. The minimum atomic E-state index is -0.0282. The summed E-state index contributed by atoms with van der Waals surface area (Å²) in [6.45, 7) is 9.35. The quantitative estimate of drug-likeness (QED) is 0.688. The molecule has 0 saturated heterocycles. The van der Waals surface area contributed by atoms with E-state index in [1.54, 1.807) is 0 Å². The molecule has 102 valence electrons. The first-order valence-corrected chi connectivity index (χ1v) is 7.79. The van der Waals surface area contributed by atoms with Crippen molar-refractivity contribution in [1.29, 1.82) is 0 Å². The first-order chi connectivity index (χ1) is 8.42. The minimum Gasteiger partial charge on any atom is -0.376 e. The second-order valence-corrected chi connectivity index (χ2v) is 6.55. The predicted octanol–water partition coefficient (Wildman–Crippen LogP) is 4.75. The lowest BCUT2D eigenvalue weighted by Crippen LogP contribution is -2.21. The van der Waals surface area contributed by atoms with E-state index in [1.165, 1.54) is 11.1 Å². The number of ether oxygens (including phenoxy) is 1. The first kappa shape index (κ1) is 15.7. The largest absolute Gasteiger partial charge is 0.376 e. The highest BCUT2D eigenvalue weighted by Gasteiger charge is 2.13. The number of halogens is 1. The van der Waals surface area contributed by atoms with Gasteiger partial charge < -0.3 is 4.74 Å². The SMILES string of the molecule is Cc1ccccc1CC(CBr)CCOC(C)(C)C. The van der Waals surface area contributed by atoms with Crippen LogP contribution in [0.4, 0.5) is 0 Å². The molecule has 1 aromatic rings. The van der Waals surface area contributed by atoms with E-state index in [1.807, 2.05) is 0 Å². The van der Waals surface area contributed by atoms with Crippen LogP contribution in [0.1, 0.15) is 38.3 Å². The van der Waals surface area contributed by atoms with Gasteiger partial charge in [-0.3, -0.25) is 0 Å². The second-order valence-electron chi connectivity index (χ2n) is 5.90. The van der Waals surface area contributed by atoms with Gasteiger partial charge in [0.2, 0.25) is 0 Å². The maximum atomic E-state index is 5.81. The van der Waals surface area contributed by atoms with Gasteiger partial charge in [0.05, 0.1) is 5.60 Å². The zero-order valence-electron chi connectivity index (χ0n) is 12.0. The molecule has 0 saturated carbocycles. The summed E-state index contributed by atoms with van der Waals surface area (Å²) in [5.74, 6) is 0.647. The van der Waals surface area contributed by atoms with Gasteiger partial charge in [-0.25, -0.2) is 0 Å². The zero-order valence-corrected chi connectivity index (χ0v) is 13.6. The molecule has 0 fully saturated rings. The molecule has 1 rings (SSSR count). The summed E-state index contributed by atoms with van der Waals surface area (Å²) >= 11 is 3.62. The van der Waals surface area contributed by atoms with Crippen molar-refractivity contribution in [1.82, 2.24) is 0 Å². The van der Waals surface area contributed by atoms with E-state index in [0.29, 0.717) is 5.92 Å². The third-order valence-electron chi connectivity index (χ3n) is 3.05. The standard InChI is InChI=1S/C16H25BrO/c1-13-7-5-6-8-15(13)11-14(12-17)9-10-18-16(2,3)4/h5-8,14H,9-12H2,1-4H3. The van der Waals surface area contributed by atoms with Crippen LogP contribution in [-0.4, -0.2) is 17.5 Å². The summed E-state index contributed by atoms with van der Waals surface area (Å²) in [6.07, 6.45) is 2.24. The van der Waals surface area contributed by atoms with Gasteiger partial charge in [0, 0.05) is 11.9 Å². The van der Waals surface area contributed by atoms with Gasteiger partial charge in [-0.1, -0.05) is 40.2 Å². The second kappa shape index (κ2) is 7.30. The molecule has 1 aromatic carbocycles. The summed E-state index contributed by atoms with van der Waals surface area (Å²) in [5.41, 5.74) is 2.82. The number of hydrogen-bond acceptors (Lipinski definition) is 1. The summed E-state index contributed by atoms with van der Waals surface area (Å²) in [6, 6.07) is 8.64. The third kappa shape index (κ3) is 6.01. The highest BCUT2D eigenvalue weighted by Crippen LogP contribution is 2.19. The molecule has 0 aliphatic carbocycles. The van der Waals surface area contributed by atoms with Crippen LogP contribution < -0.4 is 0 Å². The minimum absolute atomic E-state index is 0.0282. The number of alkyl halides is 1. The predicted molar refractivity (Wildman–Crippen MR) is 82.5 cm³/mol. The van der Waals surface area contributed by atoms with Crippen LogP contribution in [-0.2, 0) is 11.2 Å².